The molecule has 138 valence electrons. The normalized spacial score (nSPS) is 9.93. The summed E-state index contributed by atoms with van der Waals surface area (Å²) in [5, 5.41) is 2.14. The van der Waals surface area contributed by atoms with Gasteiger partial charge in [0.2, 0.25) is 0 Å². The first kappa shape index (κ1) is 20.0. The molecule has 0 saturated heterocycles. The Kier molecular flexibility index (Phi) is 6.61. The number of Topliss-reactive ketones (excluding diaryl/α,β-unsaturated/α-hetero) is 3. The monoisotopic (exact) mass is 362 g/mol. The summed E-state index contributed by atoms with van der Waals surface area (Å²) in [4.78, 5) is 32.9. The molecule has 0 aliphatic heterocycles. The first-order valence-corrected chi connectivity index (χ1v) is 8.52. The number of ketones is 3. The van der Waals surface area contributed by atoms with Crippen LogP contribution in [-0.4, -0.2) is 24.5 Å². The average Bonchev–Trinajstić information content (AvgIpc) is 2.67. The van der Waals surface area contributed by atoms with E-state index in [2.05, 4.69) is 0 Å². The van der Waals surface area contributed by atoms with Gasteiger partial charge in [-0.1, -0.05) is 42.5 Å². The van der Waals surface area contributed by atoms with Crippen LogP contribution >= 0.6 is 0 Å². The molecule has 3 aromatic rings. The molecule has 0 saturated carbocycles. The minimum absolute atomic E-state index is 0.0186. The number of carbonyl (C=O) groups is 3. The second-order valence-electron chi connectivity index (χ2n) is 6.17. The topological polar surface area (TPSA) is 60.4 Å². The zero-order chi connectivity index (χ0) is 20.0. The molecule has 4 heteroatoms. The highest BCUT2D eigenvalue weighted by Gasteiger charge is 2.02. The zero-order valence-electron chi connectivity index (χ0n) is 15.9. The van der Waals surface area contributed by atoms with Crippen LogP contribution in [0.5, 0.6) is 5.75 Å². The van der Waals surface area contributed by atoms with Crippen LogP contribution in [0, 0.1) is 0 Å². The van der Waals surface area contributed by atoms with Crippen LogP contribution in [0.2, 0.25) is 0 Å². The predicted octanol–water partition coefficient (Wildman–Crippen LogP) is 5.14. The summed E-state index contributed by atoms with van der Waals surface area (Å²) in [5.74, 6) is 0.959. The molecule has 3 aromatic carbocycles. The summed E-state index contributed by atoms with van der Waals surface area (Å²) in [6, 6.07) is 18.2. The van der Waals surface area contributed by atoms with Gasteiger partial charge in [-0.3, -0.25) is 14.4 Å². The Morgan fingerprint density at radius 1 is 0.593 bits per heavy atom. The molecule has 0 heterocycles. The van der Waals surface area contributed by atoms with Gasteiger partial charge in [-0.15, -0.1) is 0 Å². The number of ether oxygens (including phenoxy) is 1. The molecule has 0 bridgehead atoms. The molecule has 4 nitrogen and oxygen atoms in total. The fraction of sp³-hybridized carbons (Fsp3) is 0.174. The molecule has 0 spiro atoms. The van der Waals surface area contributed by atoms with E-state index in [1.54, 1.807) is 38.3 Å². The van der Waals surface area contributed by atoms with Crippen molar-refractivity contribution in [2.24, 2.45) is 0 Å². The maximum Gasteiger partial charge on any atom is 0.159 e. The predicted molar refractivity (Wildman–Crippen MR) is 107 cm³/mol. The van der Waals surface area contributed by atoms with Gasteiger partial charge in [0.05, 0.1) is 7.11 Å². The Morgan fingerprint density at radius 2 is 1.00 bits per heavy atom. The summed E-state index contributed by atoms with van der Waals surface area (Å²) < 4.78 is 5.13. The van der Waals surface area contributed by atoms with Crippen molar-refractivity contribution in [1.29, 1.82) is 0 Å². The smallest absolute Gasteiger partial charge is 0.159 e. The first-order valence-electron chi connectivity index (χ1n) is 8.52. The number of carbonyl (C=O) groups excluding carboxylic acids is 3. The molecular weight excluding hydrogens is 340 g/mol. The van der Waals surface area contributed by atoms with Gasteiger partial charge in [-0.2, -0.15) is 0 Å². The van der Waals surface area contributed by atoms with Crippen LogP contribution in [0.3, 0.4) is 0 Å². The molecule has 0 unspecified atom stereocenters. The SMILES string of the molecule is CC(=O)c1ccc(C(C)=O)cc1.COc1ccc2cc(C(C)=O)ccc2c1. The fourth-order valence-electron chi connectivity index (χ4n) is 2.51. The quantitative estimate of drug-likeness (QED) is 0.603. The maximum absolute atomic E-state index is 11.2. The van der Waals surface area contributed by atoms with E-state index in [0.717, 1.165) is 22.1 Å². The summed E-state index contributed by atoms with van der Waals surface area (Å²) in [6.07, 6.45) is 0. The van der Waals surface area contributed by atoms with Gasteiger partial charge >= 0.3 is 0 Å². The number of hydrogen-bond acceptors (Lipinski definition) is 4. The van der Waals surface area contributed by atoms with Crippen molar-refractivity contribution in [1.82, 2.24) is 0 Å². The van der Waals surface area contributed by atoms with Gasteiger partial charge in [-0.05, 0) is 49.7 Å². The van der Waals surface area contributed by atoms with Crippen molar-refractivity contribution in [2.45, 2.75) is 20.8 Å². The van der Waals surface area contributed by atoms with Gasteiger partial charge in [-0.25, -0.2) is 0 Å². The molecule has 0 N–H and O–H groups in total. The Bertz CT molecular complexity index is 952. The molecular formula is C23H22O4. The third kappa shape index (κ3) is 5.35. The largest absolute Gasteiger partial charge is 0.497 e. The van der Waals surface area contributed by atoms with Crippen molar-refractivity contribution in [3.63, 3.8) is 0 Å². The lowest BCUT2D eigenvalue weighted by atomic mass is 10.0. The van der Waals surface area contributed by atoms with Crippen molar-refractivity contribution in [3.8, 4) is 5.75 Å². The second-order valence-corrected chi connectivity index (χ2v) is 6.17. The Hall–Kier alpha value is -3.27. The fourth-order valence-corrected chi connectivity index (χ4v) is 2.51. The van der Waals surface area contributed by atoms with Gasteiger partial charge < -0.3 is 4.74 Å². The lowest BCUT2D eigenvalue weighted by molar-refractivity contribution is 0.100. The van der Waals surface area contributed by atoms with Crippen LogP contribution in [0.1, 0.15) is 51.8 Å². The summed E-state index contributed by atoms with van der Waals surface area (Å²) >= 11 is 0. The molecule has 0 fully saturated rings. The molecule has 3 rings (SSSR count). The number of benzene rings is 3. The highest BCUT2D eigenvalue weighted by atomic mass is 16.5. The van der Waals surface area contributed by atoms with Gasteiger partial charge in [0.1, 0.15) is 5.75 Å². The number of methoxy groups -OCH3 is 1. The lowest BCUT2D eigenvalue weighted by Gasteiger charge is -2.03. The van der Waals surface area contributed by atoms with E-state index in [4.69, 9.17) is 4.74 Å². The van der Waals surface area contributed by atoms with Crippen molar-refractivity contribution < 1.29 is 19.1 Å². The number of fused-ring (bicyclic) bond motifs is 1. The van der Waals surface area contributed by atoms with Gasteiger partial charge in [0.25, 0.3) is 0 Å². The third-order valence-corrected chi connectivity index (χ3v) is 4.15. The van der Waals surface area contributed by atoms with E-state index in [0.29, 0.717) is 11.1 Å². The average molecular weight is 362 g/mol. The maximum atomic E-state index is 11.2. The Morgan fingerprint density at radius 3 is 1.44 bits per heavy atom. The highest BCUT2D eigenvalue weighted by Crippen LogP contribution is 2.21. The van der Waals surface area contributed by atoms with E-state index in [-0.39, 0.29) is 17.3 Å². The number of hydrogen-bond donors (Lipinski definition) is 0. The second kappa shape index (κ2) is 8.90. The van der Waals surface area contributed by atoms with Crippen molar-refractivity contribution in [3.05, 3.63) is 77.4 Å². The van der Waals surface area contributed by atoms with Crippen molar-refractivity contribution in [2.75, 3.05) is 7.11 Å². The van der Waals surface area contributed by atoms with Gasteiger partial charge in [0.15, 0.2) is 17.3 Å². The molecule has 0 aliphatic carbocycles. The zero-order valence-corrected chi connectivity index (χ0v) is 15.9. The summed E-state index contributed by atoms with van der Waals surface area (Å²) in [5.41, 5.74) is 2.02. The van der Waals surface area contributed by atoms with E-state index in [1.165, 1.54) is 13.8 Å². The molecule has 0 aromatic heterocycles. The van der Waals surface area contributed by atoms with E-state index in [1.807, 2.05) is 36.4 Å². The molecule has 0 radical (unpaired) electrons. The molecule has 0 atom stereocenters. The van der Waals surface area contributed by atoms with Crippen LogP contribution in [-0.2, 0) is 0 Å². The minimum Gasteiger partial charge on any atom is -0.497 e. The number of rotatable bonds is 4. The highest BCUT2D eigenvalue weighted by molar-refractivity contribution is 5.99. The Balaban J connectivity index is 0.000000199. The van der Waals surface area contributed by atoms with Crippen LogP contribution in [0.4, 0.5) is 0 Å². The van der Waals surface area contributed by atoms with E-state index < -0.39 is 0 Å². The summed E-state index contributed by atoms with van der Waals surface area (Å²) in [7, 11) is 1.64. The van der Waals surface area contributed by atoms with Crippen molar-refractivity contribution >= 4 is 28.1 Å². The van der Waals surface area contributed by atoms with Crippen LogP contribution in [0.15, 0.2) is 60.7 Å². The first-order chi connectivity index (χ1) is 12.8. The van der Waals surface area contributed by atoms with Gasteiger partial charge in [0, 0.05) is 16.7 Å². The standard InChI is InChI=1S/C13H12O2.C10H10O2/c1-9(14)10-3-4-12-8-13(15-2)6-5-11(12)7-10;1-7(11)9-3-5-10(6-4-9)8(2)12/h3-8H,1-2H3;3-6H,1-2H3. The molecule has 0 aliphatic rings. The summed E-state index contributed by atoms with van der Waals surface area (Å²) in [6.45, 7) is 4.58. The van der Waals surface area contributed by atoms with Crippen LogP contribution < -0.4 is 4.74 Å². The van der Waals surface area contributed by atoms with E-state index >= 15 is 0 Å². The third-order valence-electron chi connectivity index (χ3n) is 4.15. The van der Waals surface area contributed by atoms with E-state index in [9.17, 15) is 14.4 Å². The van der Waals surface area contributed by atoms with Crippen LogP contribution in [0.25, 0.3) is 10.8 Å². The molecule has 27 heavy (non-hydrogen) atoms. The minimum atomic E-state index is 0.0186. The molecule has 0 amide bonds. The lowest BCUT2D eigenvalue weighted by Crippen LogP contribution is -1.95. The Labute approximate surface area is 158 Å².